The van der Waals surface area contributed by atoms with Gasteiger partial charge in [0.2, 0.25) is 11.9 Å². The van der Waals surface area contributed by atoms with Gasteiger partial charge in [0.25, 0.3) is 0 Å². The highest BCUT2D eigenvalue weighted by atomic mass is 16.2. The van der Waals surface area contributed by atoms with Crippen molar-refractivity contribution in [2.75, 3.05) is 42.5 Å². The van der Waals surface area contributed by atoms with Gasteiger partial charge in [-0.15, -0.1) is 0 Å². The highest BCUT2D eigenvalue weighted by Gasteiger charge is 2.38. The number of carbonyl (C=O) groups is 1. The minimum atomic E-state index is -0.226. The number of hydrogen-bond acceptors (Lipinski definition) is 6. The Bertz CT molecular complexity index is 626. The van der Waals surface area contributed by atoms with E-state index in [1.165, 1.54) is 12.8 Å². The van der Waals surface area contributed by atoms with Gasteiger partial charge in [0.15, 0.2) is 0 Å². The molecular weight excluding hydrogens is 328 g/mol. The van der Waals surface area contributed by atoms with Crippen molar-refractivity contribution >= 4 is 17.7 Å². The number of aryl methyl sites for hydroxylation is 1. The first-order valence-electron chi connectivity index (χ1n) is 10.0. The summed E-state index contributed by atoms with van der Waals surface area (Å²) in [5, 5.41) is 0. The lowest BCUT2D eigenvalue weighted by Gasteiger charge is -2.30. The molecule has 3 rings (SSSR count). The SMILES string of the molecule is CCc1cc(N2C[C@H](N)C[C@H]2C(=O)N(CC)CC)nc(N2CCCC2)n1. The smallest absolute Gasteiger partial charge is 0.245 e. The monoisotopic (exact) mass is 360 g/mol. The molecule has 2 saturated heterocycles. The van der Waals surface area contributed by atoms with Crippen LogP contribution in [-0.4, -0.2) is 65.6 Å². The molecule has 2 N–H and O–H groups in total. The van der Waals surface area contributed by atoms with Crippen LogP contribution in [0.15, 0.2) is 6.07 Å². The van der Waals surface area contributed by atoms with Crippen LogP contribution in [0.2, 0.25) is 0 Å². The molecular formula is C19H32N6O. The number of anilines is 2. The van der Waals surface area contributed by atoms with Gasteiger partial charge in [0, 0.05) is 50.5 Å². The first-order valence-corrected chi connectivity index (χ1v) is 10.0. The minimum Gasteiger partial charge on any atom is -0.343 e. The molecule has 1 amide bonds. The second-order valence-electron chi connectivity index (χ2n) is 7.24. The molecule has 0 aliphatic carbocycles. The van der Waals surface area contributed by atoms with Crippen LogP contribution in [0.4, 0.5) is 11.8 Å². The molecule has 2 atom stereocenters. The first-order chi connectivity index (χ1) is 12.6. The van der Waals surface area contributed by atoms with E-state index >= 15 is 0 Å². The fourth-order valence-electron chi connectivity index (χ4n) is 3.96. The summed E-state index contributed by atoms with van der Waals surface area (Å²) in [7, 11) is 0. The summed E-state index contributed by atoms with van der Waals surface area (Å²) < 4.78 is 0. The van der Waals surface area contributed by atoms with Crippen molar-refractivity contribution in [1.29, 1.82) is 0 Å². The lowest BCUT2D eigenvalue weighted by Crippen LogP contribution is -2.46. The Labute approximate surface area is 156 Å². The number of nitrogens with zero attached hydrogens (tertiary/aromatic N) is 5. The molecule has 0 saturated carbocycles. The summed E-state index contributed by atoms with van der Waals surface area (Å²) >= 11 is 0. The summed E-state index contributed by atoms with van der Waals surface area (Å²) in [4.78, 5) is 28.8. The van der Waals surface area contributed by atoms with Gasteiger partial charge in [-0.1, -0.05) is 6.92 Å². The van der Waals surface area contributed by atoms with Gasteiger partial charge in [-0.05, 0) is 39.5 Å². The van der Waals surface area contributed by atoms with Gasteiger partial charge < -0.3 is 20.4 Å². The van der Waals surface area contributed by atoms with E-state index in [4.69, 9.17) is 15.7 Å². The molecule has 0 radical (unpaired) electrons. The van der Waals surface area contributed by atoms with Crippen molar-refractivity contribution in [1.82, 2.24) is 14.9 Å². The van der Waals surface area contributed by atoms with E-state index in [-0.39, 0.29) is 18.0 Å². The Hall–Kier alpha value is -1.89. The van der Waals surface area contributed by atoms with Crippen LogP contribution < -0.4 is 15.5 Å². The van der Waals surface area contributed by atoms with Crippen LogP contribution in [0.1, 0.15) is 45.7 Å². The Morgan fingerprint density at radius 1 is 1.23 bits per heavy atom. The Morgan fingerprint density at radius 2 is 1.92 bits per heavy atom. The molecule has 1 aromatic rings. The molecule has 7 heteroatoms. The van der Waals surface area contributed by atoms with Crippen LogP contribution in [0.25, 0.3) is 0 Å². The number of carbonyl (C=O) groups excluding carboxylic acids is 1. The highest BCUT2D eigenvalue weighted by molar-refractivity contribution is 5.86. The van der Waals surface area contributed by atoms with E-state index < -0.39 is 0 Å². The largest absolute Gasteiger partial charge is 0.343 e. The van der Waals surface area contributed by atoms with Crippen molar-refractivity contribution in [3.8, 4) is 0 Å². The fraction of sp³-hybridized carbons (Fsp3) is 0.737. The molecule has 2 aliphatic rings. The Balaban J connectivity index is 1.92. The summed E-state index contributed by atoms with van der Waals surface area (Å²) in [6.45, 7) is 10.3. The maximum absolute atomic E-state index is 13.0. The summed E-state index contributed by atoms with van der Waals surface area (Å²) in [5.74, 6) is 1.80. The average Bonchev–Trinajstić information content (AvgIpc) is 3.32. The van der Waals surface area contributed by atoms with Crippen molar-refractivity contribution in [3.63, 3.8) is 0 Å². The number of aromatic nitrogens is 2. The van der Waals surface area contributed by atoms with Gasteiger partial charge in [-0.2, -0.15) is 4.98 Å². The minimum absolute atomic E-state index is 0.00482. The normalized spacial score (nSPS) is 22.9. The number of likely N-dealkylation sites (N-methyl/N-ethyl adjacent to an activating group) is 1. The van der Waals surface area contributed by atoms with E-state index in [2.05, 4.69) is 16.7 Å². The summed E-state index contributed by atoms with van der Waals surface area (Å²) in [5.41, 5.74) is 7.26. The van der Waals surface area contributed by atoms with Crippen molar-refractivity contribution in [2.45, 2.75) is 58.5 Å². The topological polar surface area (TPSA) is 78.6 Å². The molecule has 3 heterocycles. The lowest BCUT2D eigenvalue weighted by molar-refractivity contribution is -0.132. The second-order valence-corrected chi connectivity index (χ2v) is 7.24. The van der Waals surface area contributed by atoms with E-state index in [1.807, 2.05) is 24.8 Å². The van der Waals surface area contributed by atoms with E-state index in [1.54, 1.807) is 0 Å². The number of nitrogens with two attached hydrogens (primary N) is 1. The van der Waals surface area contributed by atoms with Gasteiger partial charge in [-0.25, -0.2) is 4.98 Å². The molecule has 144 valence electrons. The van der Waals surface area contributed by atoms with Crippen LogP contribution in [-0.2, 0) is 11.2 Å². The fourth-order valence-corrected chi connectivity index (χ4v) is 3.96. The molecule has 7 nitrogen and oxygen atoms in total. The Morgan fingerprint density at radius 3 is 2.54 bits per heavy atom. The maximum Gasteiger partial charge on any atom is 0.245 e. The summed E-state index contributed by atoms with van der Waals surface area (Å²) in [6, 6.07) is 1.80. The maximum atomic E-state index is 13.0. The molecule has 0 spiro atoms. The molecule has 0 unspecified atom stereocenters. The molecule has 1 aromatic heterocycles. The highest BCUT2D eigenvalue weighted by Crippen LogP contribution is 2.28. The zero-order valence-electron chi connectivity index (χ0n) is 16.3. The van der Waals surface area contributed by atoms with Crippen LogP contribution in [0.3, 0.4) is 0 Å². The van der Waals surface area contributed by atoms with Gasteiger partial charge >= 0.3 is 0 Å². The third-order valence-corrected chi connectivity index (χ3v) is 5.49. The third kappa shape index (κ3) is 3.77. The van der Waals surface area contributed by atoms with Crippen LogP contribution in [0, 0.1) is 0 Å². The number of rotatable bonds is 6. The van der Waals surface area contributed by atoms with Gasteiger partial charge in [0.1, 0.15) is 11.9 Å². The lowest BCUT2D eigenvalue weighted by atomic mass is 10.1. The van der Waals surface area contributed by atoms with Crippen LogP contribution in [0.5, 0.6) is 0 Å². The number of amides is 1. The zero-order chi connectivity index (χ0) is 18.7. The average molecular weight is 361 g/mol. The molecule has 0 bridgehead atoms. The Kier molecular flexibility index (Phi) is 5.96. The van der Waals surface area contributed by atoms with E-state index in [0.717, 1.165) is 50.1 Å². The summed E-state index contributed by atoms with van der Waals surface area (Å²) in [6.07, 6.45) is 3.91. The molecule has 2 aliphatic heterocycles. The first kappa shape index (κ1) is 18.9. The number of hydrogen-bond donors (Lipinski definition) is 1. The van der Waals surface area contributed by atoms with Crippen molar-refractivity contribution in [3.05, 3.63) is 11.8 Å². The third-order valence-electron chi connectivity index (χ3n) is 5.49. The van der Waals surface area contributed by atoms with Crippen molar-refractivity contribution < 1.29 is 4.79 Å². The van der Waals surface area contributed by atoms with E-state index in [0.29, 0.717) is 13.0 Å². The van der Waals surface area contributed by atoms with E-state index in [9.17, 15) is 4.79 Å². The van der Waals surface area contributed by atoms with Gasteiger partial charge in [0.05, 0.1) is 0 Å². The van der Waals surface area contributed by atoms with Crippen molar-refractivity contribution in [2.24, 2.45) is 5.73 Å². The quantitative estimate of drug-likeness (QED) is 0.826. The predicted octanol–water partition coefficient (Wildman–Crippen LogP) is 1.41. The van der Waals surface area contributed by atoms with Gasteiger partial charge in [-0.3, -0.25) is 4.79 Å². The molecule has 26 heavy (non-hydrogen) atoms. The predicted molar refractivity (Wildman–Crippen MR) is 105 cm³/mol. The molecule has 2 fully saturated rings. The molecule has 0 aromatic carbocycles. The van der Waals surface area contributed by atoms with Crippen LogP contribution >= 0.6 is 0 Å². The second kappa shape index (κ2) is 8.20. The zero-order valence-corrected chi connectivity index (χ0v) is 16.3. The standard InChI is InChI=1S/C19H32N6O/c1-4-15-12-17(22-19(21-15)24-9-7-8-10-24)25-13-14(20)11-16(25)18(26)23(5-2)6-3/h12,14,16H,4-11,13,20H2,1-3H3/t14-,16+/m1/s1.